The van der Waals surface area contributed by atoms with Crippen molar-refractivity contribution in [2.24, 2.45) is 0 Å². The molecule has 6 nitrogen and oxygen atoms in total. The van der Waals surface area contributed by atoms with Gasteiger partial charge in [-0.1, -0.05) is 60.7 Å². The number of aryl methyl sites for hydroxylation is 1. The molecule has 4 rings (SSSR count). The lowest BCUT2D eigenvalue weighted by Gasteiger charge is -2.27. The molecule has 0 spiro atoms. The van der Waals surface area contributed by atoms with Gasteiger partial charge in [-0.15, -0.1) is 0 Å². The van der Waals surface area contributed by atoms with E-state index in [0.717, 1.165) is 34.5 Å². The fourth-order valence-corrected chi connectivity index (χ4v) is 4.28. The summed E-state index contributed by atoms with van der Waals surface area (Å²) in [5.41, 5.74) is 3.67. The molecule has 0 saturated carbocycles. The van der Waals surface area contributed by atoms with Crippen LogP contribution in [0.5, 0.6) is 0 Å². The van der Waals surface area contributed by atoms with Crippen molar-refractivity contribution in [3.05, 3.63) is 102 Å². The van der Waals surface area contributed by atoms with Crippen molar-refractivity contribution in [2.45, 2.75) is 39.3 Å². The second-order valence-corrected chi connectivity index (χ2v) is 8.93. The summed E-state index contributed by atoms with van der Waals surface area (Å²) >= 11 is 0. The zero-order valence-corrected chi connectivity index (χ0v) is 20.8. The van der Waals surface area contributed by atoms with Crippen molar-refractivity contribution in [1.82, 2.24) is 14.9 Å². The van der Waals surface area contributed by atoms with Crippen LogP contribution in [-0.2, 0) is 22.6 Å². The number of benzene rings is 3. The Hall–Kier alpha value is -4.19. The number of hydrogen-bond acceptors (Lipinski definition) is 3. The van der Waals surface area contributed by atoms with Crippen molar-refractivity contribution in [3.63, 3.8) is 0 Å². The number of nitrogens with one attached hydrogen (secondary N) is 1. The van der Waals surface area contributed by atoms with E-state index in [1.165, 1.54) is 0 Å². The van der Waals surface area contributed by atoms with Crippen LogP contribution in [0.25, 0.3) is 17.1 Å². The molecule has 1 heterocycles. The van der Waals surface area contributed by atoms with E-state index >= 15 is 0 Å². The number of rotatable bonds is 10. The van der Waals surface area contributed by atoms with Crippen molar-refractivity contribution in [1.29, 1.82) is 0 Å². The van der Waals surface area contributed by atoms with E-state index in [1.807, 2.05) is 108 Å². The van der Waals surface area contributed by atoms with E-state index in [1.54, 1.807) is 12.2 Å². The van der Waals surface area contributed by atoms with Crippen LogP contribution in [0.3, 0.4) is 0 Å². The Morgan fingerprint density at radius 3 is 2.33 bits per heavy atom. The van der Waals surface area contributed by atoms with Crippen molar-refractivity contribution < 1.29 is 9.59 Å². The molecule has 36 heavy (non-hydrogen) atoms. The average molecular weight is 481 g/mol. The number of fused-ring (bicyclic) bond motifs is 1. The quantitative estimate of drug-likeness (QED) is 0.249. The highest BCUT2D eigenvalue weighted by atomic mass is 16.2. The molecule has 1 aromatic heterocycles. The van der Waals surface area contributed by atoms with Gasteiger partial charge in [0.05, 0.1) is 11.0 Å². The van der Waals surface area contributed by atoms with Gasteiger partial charge in [-0.2, -0.15) is 0 Å². The summed E-state index contributed by atoms with van der Waals surface area (Å²) in [5.74, 6) is 0.730. The average Bonchev–Trinajstić information content (AvgIpc) is 3.23. The number of hydrogen-bond donors (Lipinski definition) is 1. The molecule has 6 heteroatoms. The van der Waals surface area contributed by atoms with Gasteiger partial charge in [0.1, 0.15) is 12.4 Å². The SMILES string of the molecule is CC(C)N(C(=O)Cn1c(CCCNC(=O)/C=C/c2ccccc2)nc2ccccc21)c1ccccc1. The Kier molecular flexibility index (Phi) is 8.29. The number of imidazole rings is 1. The lowest BCUT2D eigenvalue weighted by atomic mass is 10.2. The van der Waals surface area contributed by atoms with Crippen LogP contribution in [-0.4, -0.2) is 34.0 Å². The second kappa shape index (κ2) is 12.0. The van der Waals surface area contributed by atoms with E-state index in [2.05, 4.69) is 5.32 Å². The predicted octanol–water partition coefficient (Wildman–Crippen LogP) is 5.24. The minimum atomic E-state index is -0.127. The number of anilines is 1. The van der Waals surface area contributed by atoms with Gasteiger partial charge < -0.3 is 14.8 Å². The van der Waals surface area contributed by atoms with Crippen molar-refractivity contribution >= 4 is 34.6 Å². The summed E-state index contributed by atoms with van der Waals surface area (Å²) in [6, 6.07) is 27.4. The number of aromatic nitrogens is 2. The molecular formula is C30H32N4O2. The number of para-hydroxylation sites is 3. The maximum absolute atomic E-state index is 13.5. The smallest absolute Gasteiger partial charge is 0.247 e. The van der Waals surface area contributed by atoms with E-state index in [9.17, 15) is 9.59 Å². The van der Waals surface area contributed by atoms with Crippen LogP contribution in [0.2, 0.25) is 0 Å². The molecule has 4 aromatic rings. The van der Waals surface area contributed by atoms with Gasteiger partial charge in [0, 0.05) is 30.8 Å². The van der Waals surface area contributed by atoms with Gasteiger partial charge in [0.25, 0.3) is 0 Å². The molecule has 0 unspecified atom stereocenters. The first-order valence-electron chi connectivity index (χ1n) is 12.3. The van der Waals surface area contributed by atoms with Gasteiger partial charge in [-0.25, -0.2) is 4.98 Å². The standard InChI is InChI=1S/C30H32N4O2/c1-23(2)34(25-14-7-4-8-15-25)30(36)22-33-27-17-10-9-16-26(27)32-28(33)18-11-21-31-29(35)20-19-24-12-5-3-6-13-24/h3-10,12-17,19-20,23H,11,18,21-22H2,1-2H3,(H,31,35)/b20-19+. The molecular weight excluding hydrogens is 448 g/mol. The van der Waals surface area contributed by atoms with Crippen molar-refractivity contribution in [2.75, 3.05) is 11.4 Å². The lowest BCUT2D eigenvalue weighted by Crippen LogP contribution is -2.39. The maximum Gasteiger partial charge on any atom is 0.247 e. The molecule has 0 aliphatic heterocycles. The fourth-order valence-electron chi connectivity index (χ4n) is 4.28. The molecule has 0 atom stereocenters. The van der Waals surface area contributed by atoms with Crippen LogP contribution < -0.4 is 10.2 Å². The molecule has 3 aromatic carbocycles. The van der Waals surface area contributed by atoms with E-state index in [0.29, 0.717) is 13.0 Å². The first kappa shape index (κ1) is 24.9. The molecule has 2 amide bonds. The van der Waals surface area contributed by atoms with Gasteiger partial charge >= 0.3 is 0 Å². The molecule has 0 fully saturated rings. The van der Waals surface area contributed by atoms with Crippen LogP contribution in [0.1, 0.15) is 31.7 Å². The Labute approximate surface area is 212 Å². The highest BCUT2D eigenvalue weighted by Crippen LogP contribution is 2.21. The van der Waals surface area contributed by atoms with Crippen LogP contribution in [0.4, 0.5) is 5.69 Å². The first-order valence-corrected chi connectivity index (χ1v) is 12.3. The van der Waals surface area contributed by atoms with Gasteiger partial charge in [-0.3, -0.25) is 9.59 Å². The van der Waals surface area contributed by atoms with Crippen molar-refractivity contribution in [3.8, 4) is 0 Å². The number of carbonyl (C=O) groups excluding carboxylic acids is 2. The summed E-state index contributed by atoms with van der Waals surface area (Å²) < 4.78 is 2.01. The topological polar surface area (TPSA) is 67.2 Å². The summed E-state index contributed by atoms with van der Waals surface area (Å²) in [4.78, 5) is 32.3. The Morgan fingerprint density at radius 2 is 1.61 bits per heavy atom. The Balaban J connectivity index is 1.43. The minimum absolute atomic E-state index is 0.0138. The first-order chi connectivity index (χ1) is 17.5. The predicted molar refractivity (Wildman–Crippen MR) is 146 cm³/mol. The summed E-state index contributed by atoms with van der Waals surface area (Å²) in [7, 11) is 0. The van der Waals surface area contributed by atoms with E-state index in [-0.39, 0.29) is 24.4 Å². The minimum Gasteiger partial charge on any atom is -0.353 e. The summed E-state index contributed by atoms with van der Waals surface area (Å²) in [5, 5.41) is 2.93. The van der Waals surface area contributed by atoms with Crippen LogP contribution in [0, 0.1) is 0 Å². The lowest BCUT2D eigenvalue weighted by molar-refractivity contribution is -0.119. The zero-order valence-electron chi connectivity index (χ0n) is 20.8. The third kappa shape index (κ3) is 6.27. The third-order valence-electron chi connectivity index (χ3n) is 5.95. The Morgan fingerprint density at radius 1 is 0.944 bits per heavy atom. The number of carbonyl (C=O) groups is 2. The monoisotopic (exact) mass is 480 g/mol. The fraction of sp³-hybridized carbons (Fsp3) is 0.233. The maximum atomic E-state index is 13.5. The summed E-state index contributed by atoms with van der Waals surface area (Å²) in [6.45, 7) is 4.77. The molecule has 184 valence electrons. The normalized spacial score (nSPS) is 11.3. The molecule has 0 aliphatic carbocycles. The molecule has 0 aliphatic rings. The molecule has 0 saturated heterocycles. The molecule has 0 bridgehead atoms. The highest BCUT2D eigenvalue weighted by molar-refractivity contribution is 5.94. The Bertz CT molecular complexity index is 1330. The van der Waals surface area contributed by atoms with Crippen LogP contribution >= 0.6 is 0 Å². The molecule has 0 radical (unpaired) electrons. The number of amides is 2. The second-order valence-electron chi connectivity index (χ2n) is 8.93. The van der Waals surface area contributed by atoms with E-state index < -0.39 is 0 Å². The summed E-state index contributed by atoms with van der Waals surface area (Å²) in [6.07, 6.45) is 4.72. The third-order valence-corrected chi connectivity index (χ3v) is 5.95. The molecule has 1 N–H and O–H groups in total. The van der Waals surface area contributed by atoms with Gasteiger partial charge in [-0.05, 0) is 56.2 Å². The van der Waals surface area contributed by atoms with Gasteiger partial charge in [0.2, 0.25) is 11.8 Å². The zero-order chi connectivity index (χ0) is 25.3. The number of nitrogens with zero attached hydrogens (tertiary/aromatic N) is 3. The van der Waals surface area contributed by atoms with Crippen LogP contribution in [0.15, 0.2) is 91.0 Å². The largest absolute Gasteiger partial charge is 0.353 e. The van der Waals surface area contributed by atoms with E-state index in [4.69, 9.17) is 4.98 Å². The highest BCUT2D eigenvalue weighted by Gasteiger charge is 2.21. The van der Waals surface area contributed by atoms with Gasteiger partial charge in [0.15, 0.2) is 0 Å².